The Labute approximate surface area is 217 Å². The second-order valence-corrected chi connectivity index (χ2v) is 10.7. The van der Waals surface area contributed by atoms with Gasteiger partial charge in [-0.3, -0.25) is 9.89 Å². The average Bonchev–Trinajstić information content (AvgIpc) is 3.19. The number of piperidine rings is 1. The van der Waals surface area contributed by atoms with Crippen molar-refractivity contribution in [3.63, 3.8) is 0 Å². The normalized spacial score (nSPS) is 24.5. The quantitative estimate of drug-likeness (QED) is 0.427. The third-order valence-corrected chi connectivity index (χ3v) is 9.02. The van der Waals surface area contributed by atoms with Gasteiger partial charge in [0.15, 0.2) is 5.65 Å². The lowest BCUT2D eigenvalue weighted by Crippen LogP contribution is -2.32. The van der Waals surface area contributed by atoms with Crippen LogP contribution >= 0.6 is 11.6 Å². The van der Waals surface area contributed by atoms with Gasteiger partial charge in [-0.15, -0.1) is 0 Å². The summed E-state index contributed by atoms with van der Waals surface area (Å²) in [5.74, 6) is 1.17. The number of H-pyrrole nitrogens is 1. The first-order chi connectivity index (χ1) is 17.9. The van der Waals surface area contributed by atoms with Gasteiger partial charge < -0.3 is 15.5 Å². The number of nitrogens with one attached hydrogen (secondary N) is 1. The van der Waals surface area contributed by atoms with Crippen molar-refractivity contribution < 1.29 is 9.18 Å². The fourth-order valence-corrected chi connectivity index (χ4v) is 6.96. The number of anilines is 1. The van der Waals surface area contributed by atoms with Gasteiger partial charge in [-0.1, -0.05) is 35.9 Å². The van der Waals surface area contributed by atoms with E-state index in [0.29, 0.717) is 52.0 Å². The summed E-state index contributed by atoms with van der Waals surface area (Å²) in [7, 11) is 1.76. The number of hydrogen-bond donors (Lipinski definition) is 2. The summed E-state index contributed by atoms with van der Waals surface area (Å²) >= 11 is 6.73. The van der Waals surface area contributed by atoms with Gasteiger partial charge in [0.25, 0.3) is 5.91 Å². The van der Waals surface area contributed by atoms with E-state index in [4.69, 9.17) is 27.3 Å². The second kappa shape index (κ2) is 7.97. The number of fused-ring (bicyclic) bond motifs is 3. The Morgan fingerprint density at radius 1 is 1.22 bits per heavy atom. The van der Waals surface area contributed by atoms with Crippen molar-refractivity contribution in [1.29, 1.82) is 0 Å². The van der Waals surface area contributed by atoms with Crippen LogP contribution in [0.25, 0.3) is 22.4 Å². The molecule has 4 heterocycles. The highest BCUT2D eigenvalue weighted by Gasteiger charge is 2.66. The molecular formula is C27H25ClFN7O. The molecule has 0 radical (unpaired) electrons. The minimum atomic E-state index is -0.321. The Morgan fingerprint density at radius 2 is 2.03 bits per heavy atom. The maximum Gasteiger partial charge on any atom is 0.254 e. The molecule has 10 heteroatoms. The molecule has 0 spiro atoms. The number of amides is 1. The maximum atomic E-state index is 14.7. The van der Waals surface area contributed by atoms with E-state index in [1.54, 1.807) is 30.3 Å². The summed E-state index contributed by atoms with van der Waals surface area (Å²) in [5, 5.41) is 7.99. The minimum absolute atomic E-state index is 0.0344. The summed E-state index contributed by atoms with van der Waals surface area (Å²) in [6.07, 6.45) is 2.68. The third-order valence-electron chi connectivity index (χ3n) is 8.59. The first kappa shape index (κ1) is 22.6. The van der Waals surface area contributed by atoms with Crippen LogP contribution in [0.3, 0.4) is 0 Å². The predicted molar refractivity (Wildman–Crippen MR) is 139 cm³/mol. The number of hydrogen-bond acceptors (Lipinski definition) is 6. The minimum Gasteiger partial charge on any atom is -0.355 e. The molecular weight excluding hydrogens is 493 g/mol. The van der Waals surface area contributed by atoms with Crippen LogP contribution in [0.2, 0.25) is 5.02 Å². The van der Waals surface area contributed by atoms with E-state index < -0.39 is 0 Å². The monoisotopic (exact) mass is 517 g/mol. The first-order valence-corrected chi connectivity index (χ1v) is 12.8. The van der Waals surface area contributed by atoms with Crippen LogP contribution < -0.4 is 10.6 Å². The van der Waals surface area contributed by atoms with Gasteiger partial charge in [-0.25, -0.2) is 14.4 Å². The van der Waals surface area contributed by atoms with Crippen molar-refractivity contribution in [2.75, 3.05) is 31.6 Å². The van der Waals surface area contributed by atoms with Crippen LogP contribution in [0.4, 0.5) is 10.2 Å². The largest absolute Gasteiger partial charge is 0.355 e. The highest BCUT2D eigenvalue weighted by molar-refractivity contribution is 6.35. The zero-order valence-corrected chi connectivity index (χ0v) is 21.0. The first-order valence-electron chi connectivity index (χ1n) is 12.4. The summed E-state index contributed by atoms with van der Waals surface area (Å²) < 4.78 is 14.7. The van der Waals surface area contributed by atoms with Gasteiger partial charge >= 0.3 is 0 Å². The molecule has 1 aliphatic carbocycles. The lowest BCUT2D eigenvalue weighted by atomic mass is 9.91. The average molecular weight is 518 g/mol. The molecule has 1 saturated carbocycles. The van der Waals surface area contributed by atoms with Crippen LogP contribution in [-0.2, 0) is 12.0 Å². The van der Waals surface area contributed by atoms with Gasteiger partial charge in [-0.05, 0) is 36.0 Å². The molecule has 3 N–H and O–H groups in total. The third kappa shape index (κ3) is 3.10. The number of halogens is 2. The Kier molecular flexibility index (Phi) is 4.87. The van der Waals surface area contributed by atoms with Crippen LogP contribution in [0, 0.1) is 17.7 Å². The number of nitrogens with zero attached hydrogens (tertiary/aromatic N) is 5. The van der Waals surface area contributed by atoms with Crippen molar-refractivity contribution in [2.45, 2.75) is 18.4 Å². The van der Waals surface area contributed by atoms with Crippen molar-refractivity contribution in [3.05, 3.63) is 70.1 Å². The van der Waals surface area contributed by atoms with Crippen LogP contribution in [0.15, 0.2) is 42.6 Å². The zero-order valence-electron chi connectivity index (χ0n) is 20.2. The van der Waals surface area contributed by atoms with Gasteiger partial charge in [0, 0.05) is 55.3 Å². The molecule has 3 aliphatic rings. The Balaban J connectivity index is 1.18. The van der Waals surface area contributed by atoms with E-state index in [9.17, 15) is 9.18 Å². The molecule has 188 valence electrons. The lowest BCUT2D eigenvalue weighted by Gasteiger charge is -2.26. The molecule has 37 heavy (non-hydrogen) atoms. The van der Waals surface area contributed by atoms with Gasteiger partial charge in [0.05, 0.1) is 11.2 Å². The molecule has 1 amide bonds. The van der Waals surface area contributed by atoms with Gasteiger partial charge in [-0.2, -0.15) is 5.10 Å². The lowest BCUT2D eigenvalue weighted by molar-refractivity contribution is 0.0816. The van der Waals surface area contributed by atoms with Crippen molar-refractivity contribution in [1.82, 2.24) is 25.1 Å². The number of nitrogens with two attached hydrogens (primary N) is 1. The number of carbonyl (C=O) groups is 1. The fourth-order valence-electron chi connectivity index (χ4n) is 6.64. The Bertz CT molecular complexity index is 1590. The molecule has 2 aliphatic heterocycles. The summed E-state index contributed by atoms with van der Waals surface area (Å²) in [4.78, 5) is 25.7. The molecule has 2 aromatic carbocycles. The van der Waals surface area contributed by atoms with Crippen molar-refractivity contribution in [2.24, 2.45) is 17.6 Å². The molecule has 4 aromatic rings. The Morgan fingerprint density at radius 3 is 2.84 bits per heavy atom. The number of rotatable bonds is 4. The predicted octanol–water partition coefficient (Wildman–Crippen LogP) is 3.75. The van der Waals surface area contributed by atoms with Gasteiger partial charge in [0.1, 0.15) is 22.8 Å². The van der Waals surface area contributed by atoms with E-state index in [1.807, 2.05) is 18.2 Å². The number of aromatic nitrogens is 4. The molecule has 2 fully saturated rings. The van der Waals surface area contributed by atoms with Crippen molar-refractivity contribution >= 4 is 34.5 Å². The van der Waals surface area contributed by atoms with E-state index in [1.165, 1.54) is 6.07 Å². The maximum absolute atomic E-state index is 14.7. The van der Waals surface area contributed by atoms with Crippen LogP contribution in [0.5, 0.6) is 0 Å². The molecule has 1 saturated heterocycles. The molecule has 7 rings (SSSR count). The molecule has 0 bridgehead atoms. The summed E-state index contributed by atoms with van der Waals surface area (Å²) in [6, 6.07) is 10.6. The highest BCUT2D eigenvalue weighted by atomic mass is 35.5. The molecule has 8 nitrogen and oxygen atoms in total. The summed E-state index contributed by atoms with van der Waals surface area (Å²) in [5.41, 5.74) is 10.6. The van der Waals surface area contributed by atoms with Crippen LogP contribution in [0.1, 0.15) is 27.9 Å². The fraction of sp³-hybridized carbons (Fsp3) is 0.333. The number of benzene rings is 2. The molecule has 0 unspecified atom stereocenters. The van der Waals surface area contributed by atoms with Crippen LogP contribution in [-0.4, -0.2) is 57.7 Å². The second-order valence-electron chi connectivity index (χ2n) is 10.3. The highest BCUT2D eigenvalue weighted by Crippen LogP contribution is 2.63. The van der Waals surface area contributed by atoms with Crippen molar-refractivity contribution in [3.8, 4) is 11.3 Å². The van der Waals surface area contributed by atoms with Gasteiger partial charge in [0.2, 0.25) is 0 Å². The van der Waals surface area contributed by atoms with E-state index in [-0.39, 0.29) is 23.1 Å². The number of aromatic amines is 1. The smallest absolute Gasteiger partial charge is 0.254 e. The number of carbonyl (C=O) groups excluding carboxylic acids is 1. The Hall–Kier alpha value is -3.56. The van der Waals surface area contributed by atoms with E-state index in [2.05, 4.69) is 15.1 Å². The summed E-state index contributed by atoms with van der Waals surface area (Å²) in [6.45, 7) is 2.44. The van der Waals surface area contributed by atoms with E-state index >= 15 is 0 Å². The SMILES string of the molecule is CN1Cc2c(ccc(-c3n[nH]c4nc(N5CC[C@@H]6[C@H](C5)[C@@]6(CN)c5ccccc5F)cnc34)c2Cl)C1=O. The standard InChI is InChI=1S/C27H25ClFN7O/c1-35-11-16-14(26(35)37)6-7-15(22(16)28)23-24-25(34-33-23)32-21(10-31-24)36-9-8-17-19(12-36)27(17,13-30)18-4-2-3-5-20(18)29/h2-7,10,17,19H,8-9,11-13,30H2,1H3,(H,32,33,34)/t17-,19+,27-/m1/s1. The molecule has 2 aromatic heterocycles. The topological polar surface area (TPSA) is 104 Å². The molecule has 3 atom stereocenters. The van der Waals surface area contributed by atoms with E-state index in [0.717, 1.165) is 36.5 Å². The zero-order chi connectivity index (χ0) is 25.5.